The Morgan fingerprint density at radius 2 is 1.84 bits per heavy atom. The first-order valence-corrected chi connectivity index (χ1v) is 11.8. The first-order valence-electron chi connectivity index (χ1n) is 10.9. The number of benzene rings is 2. The molecule has 1 amide bonds. The standard InChI is InChI=1S/C24H27N5OS/c1-16-11-13-18(14-12-16)20-21(23(30)28-15-7-6-8-17(28)2)31-24-26-25-22(29(24)27-20)19-9-4-3-5-10-19/h3-5,9-14,17,20-21,27H,6-8,15H2,1-2H3/t17-,20+,21+/m1/s1. The largest absolute Gasteiger partial charge is 0.339 e. The maximum Gasteiger partial charge on any atom is 0.238 e. The quantitative estimate of drug-likeness (QED) is 0.663. The summed E-state index contributed by atoms with van der Waals surface area (Å²) in [5.41, 5.74) is 6.88. The Bertz CT molecular complexity index is 1070. The Labute approximate surface area is 187 Å². The lowest BCUT2D eigenvalue weighted by atomic mass is 9.99. The highest BCUT2D eigenvalue weighted by molar-refractivity contribution is 8.00. The Hall–Kier alpha value is -2.80. The molecule has 0 bridgehead atoms. The number of carbonyl (C=O) groups excluding carboxylic acids is 1. The Kier molecular flexibility index (Phi) is 5.44. The molecule has 0 spiro atoms. The molecule has 3 heterocycles. The zero-order chi connectivity index (χ0) is 21.4. The van der Waals surface area contributed by atoms with Gasteiger partial charge in [0, 0.05) is 18.2 Å². The number of fused-ring (bicyclic) bond motifs is 1. The summed E-state index contributed by atoms with van der Waals surface area (Å²) < 4.78 is 1.94. The normalized spacial score (nSPS) is 23.2. The SMILES string of the molecule is Cc1ccc([C@@H]2Nn3c(nnc3-c3ccccc3)S[C@@H]2C(=O)N2CCCC[C@H]2C)cc1. The van der Waals surface area contributed by atoms with E-state index in [1.165, 1.54) is 23.7 Å². The molecule has 3 aromatic rings. The molecule has 2 aliphatic rings. The second kappa shape index (κ2) is 8.38. The van der Waals surface area contributed by atoms with Crippen molar-refractivity contribution in [3.8, 4) is 11.4 Å². The van der Waals surface area contributed by atoms with Crippen molar-refractivity contribution in [2.45, 2.75) is 55.6 Å². The summed E-state index contributed by atoms with van der Waals surface area (Å²) in [6.07, 6.45) is 3.34. The summed E-state index contributed by atoms with van der Waals surface area (Å²) >= 11 is 1.52. The van der Waals surface area contributed by atoms with E-state index in [1.54, 1.807) is 0 Å². The van der Waals surface area contributed by atoms with Gasteiger partial charge in [-0.25, -0.2) is 4.68 Å². The van der Waals surface area contributed by atoms with Gasteiger partial charge in [0.2, 0.25) is 11.1 Å². The van der Waals surface area contributed by atoms with Gasteiger partial charge in [-0.15, -0.1) is 10.2 Å². The van der Waals surface area contributed by atoms with Crippen LogP contribution in [0.2, 0.25) is 0 Å². The summed E-state index contributed by atoms with van der Waals surface area (Å²) in [4.78, 5) is 15.8. The lowest BCUT2D eigenvalue weighted by Crippen LogP contribution is -2.50. The number of hydrogen-bond donors (Lipinski definition) is 1. The number of thioether (sulfide) groups is 1. The van der Waals surface area contributed by atoms with Crippen molar-refractivity contribution < 1.29 is 4.79 Å². The molecule has 31 heavy (non-hydrogen) atoms. The van der Waals surface area contributed by atoms with Crippen LogP contribution in [0.5, 0.6) is 0 Å². The van der Waals surface area contributed by atoms with Crippen molar-refractivity contribution in [3.05, 3.63) is 65.7 Å². The number of nitrogens with zero attached hydrogens (tertiary/aromatic N) is 4. The highest BCUT2D eigenvalue weighted by Crippen LogP contribution is 2.40. The molecule has 0 aliphatic carbocycles. The molecule has 3 atom stereocenters. The van der Waals surface area contributed by atoms with Crippen LogP contribution in [0.25, 0.3) is 11.4 Å². The zero-order valence-corrected chi connectivity index (χ0v) is 18.7. The summed E-state index contributed by atoms with van der Waals surface area (Å²) in [5, 5.41) is 9.29. The highest BCUT2D eigenvalue weighted by atomic mass is 32.2. The van der Waals surface area contributed by atoms with Crippen LogP contribution in [-0.4, -0.2) is 43.5 Å². The van der Waals surface area contributed by atoms with E-state index < -0.39 is 0 Å². The third-order valence-electron chi connectivity index (χ3n) is 6.23. The number of rotatable bonds is 3. The van der Waals surface area contributed by atoms with E-state index in [2.05, 4.69) is 58.6 Å². The van der Waals surface area contributed by atoms with E-state index in [0.29, 0.717) is 0 Å². The molecule has 160 valence electrons. The number of nitrogens with one attached hydrogen (secondary N) is 1. The van der Waals surface area contributed by atoms with Gasteiger partial charge < -0.3 is 10.3 Å². The Morgan fingerprint density at radius 3 is 2.58 bits per heavy atom. The van der Waals surface area contributed by atoms with Crippen molar-refractivity contribution in [3.63, 3.8) is 0 Å². The second-order valence-electron chi connectivity index (χ2n) is 8.44. The molecular formula is C24H27N5OS. The molecular weight excluding hydrogens is 406 g/mol. The minimum Gasteiger partial charge on any atom is -0.339 e. The third kappa shape index (κ3) is 3.83. The van der Waals surface area contributed by atoms with E-state index in [4.69, 9.17) is 0 Å². The number of aromatic nitrogens is 3. The maximum absolute atomic E-state index is 13.7. The van der Waals surface area contributed by atoms with E-state index in [-0.39, 0.29) is 23.2 Å². The maximum atomic E-state index is 13.7. The number of amides is 1. The van der Waals surface area contributed by atoms with Crippen LogP contribution < -0.4 is 5.43 Å². The first-order chi connectivity index (χ1) is 15.1. The number of likely N-dealkylation sites (tertiary alicyclic amines) is 1. The predicted molar refractivity (Wildman–Crippen MR) is 123 cm³/mol. The molecule has 7 heteroatoms. The fourth-order valence-corrected chi connectivity index (χ4v) is 5.58. The average molecular weight is 434 g/mol. The van der Waals surface area contributed by atoms with Gasteiger partial charge in [-0.05, 0) is 38.7 Å². The fourth-order valence-electron chi connectivity index (χ4n) is 4.43. The van der Waals surface area contributed by atoms with Gasteiger partial charge >= 0.3 is 0 Å². The van der Waals surface area contributed by atoms with Crippen LogP contribution in [-0.2, 0) is 4.79 Å². The van der Waals surface area contributed by atoms with Crippen molar-refractivity contribution in [2.75, 3.05) is 12.0 Å². The van der Waals surface area contributed by atoms with Crippen LogP contribution >= 0.6 is 11.8 Å². The van der Waals surface area contributed by atoms with E-state index in [1.807, 2.05) is 35.0 Å². The minimum atomic E-state index is -0.288. The first kappa shape index (κ1) is 20.1. The van der Waals surface area contributed by atoms with Crippen LogP contribution in [0.4, 0.5) is 0 Å². The molecule has 1 fully saturated rings. The summed E-state index contributed by atoms with van der Waals surface area (Å²) in [7, 11) is 0. The van der Waals surface area contributed by atoms with Crippen LogP contribution in [0, 0.1) is 6.92 Å². The lowest BCUT2D eigenvalue weighted by Gasteiger charge is -2.39. The molecule has 0 unspecified atom stereocenters. The fraction of sp³-hybridized carbons (Fsp3) is 0.375. The van der Waals surface area contributed by atoms with Gasteiger partial charge in [0.05, 0.1) is 6.04 Å². The Morgan fingerprint density at radius 1 is 1.06 bits per heavy atom. The minimum absolute atomic E-state index is 0.168. The summed E-state index contributed by atoms with van der Waals surface area (Å²) in [5.74, 6) is 0.947. The van der Waals surface area contributed by atoms with Crippen molar-refractivity contribution in [2.24, 2.45) is 0 Å². The molecule has 2 aliphatic heterocycles. The van der Waals surface area contributed by atoms with Gasteiger partial charge in [-0.2, -0.15) is 0 Å². The van der Waals surface area contributed by atoms with Crippen molar-refractivity contribution in [1.29, 1.82) is 0 Å². The van der Waals surface area contributed by atoms with E-state index in [9.17, 15) is 4.79 Å². The highest BCUT2D eigenvalue weighted by Gasteiger charge is 2.41. The van der Waals surface area contributed by atoms with Crippen LogP contribution in [0.3, 0.4) is 0 Å². The molecule has 0 saturated carbocycles. The predicted octanol–water partition coefficient (Wildman–Crippen LogP) is 4.41. The monoisotopic (exact) mass is 433 g/mol. The van der Waals surface area contributed by atoms with Gasteiger partial charge in [-0.3, -0.25) is 4.79 Å². The Balaban J connectivity index is 1.53. The number of carbonyl (C=O) groups is 1. The second-order valence-corrected chi connectivity index (χ2v) is 9.55. The molecule has 6 nitrogen and oxygen atoms in total. The van der Waals surface area contributed by atoms with Crippen LogP contribution in [0.15, 0.2) is 59.8 Å². The lowest BCUT2D eigenvalue weighted by molar-refractivity contribution is -0.134. The number of hydrogen-bond acceptors (Lipinski definition) is 5. The molecule has 1 N–H and O–H groups in total. The van der Waals surface area contributed by atoms with Gasteiger partial charge in [-0.1, -0.05) is 71.9 Å². The molecule has 0 radical (unpaired) electrons. The van der Waals surface area contributed by atoms with Crippen LogP contribution in [0.1, 0.15) is 43.4 Å². The zero-order valence-electron chi connectivity index (χ0n) is 17.9. The molecule has 1 saturated heterocycles. The molecule has 1 aromatic heterocycles. The van der Waals surface area contributed by atoms with Gasteiger partial charge in [0.1, 0.15) is 5.25 Å². The third-order valence-corrected chi connectivity index (χ3v) is 7.44. The van der Waals surface area contributed by atoms with E-state index >= 15 is 0 Å². The van der Waals surface area contributed by atoms with E-state index in [0.717, 1.165) is 41.5 Å². The number of piperidine rings is 1. The van der Waals surface area contributed by atoms with Gasteiger partial charge in [0.15, 0.2) is 5.82 Å². The summed E-state index contributed by atoms with van der Waals surface area (Å²) in [6, 6.07) is 18.6. The van der Waals surface area contributed by atoms with Crippen molar-refractivity contribution in [1.82, 2.24) is 19.8 Å². The summed E-state index contributed by atoms with van der Waals surface area (Å²) in [6.45, 7) is 5.07. The van der Waals surface area contributed by atoms with Crippen molar-refractivity contribution >= 4 is 17.7 Å². The molecule has 2 aromatic carbocycles. The molecule has 5 rings (SSSR count). The van der Waals surface area contributed by atoms with Gasteiger partial charge in [0.25, 0.3) is 0 Å². The number of aryl methyl sites for hydroxylation is 1. The average Bonchev–Trinajstić information content (AvgIpc) is 3.22. The smallest absolute Gasteiger partial charge is 0.238 e. The topological polar surface area (TPSA) is 63.1 Å².